The van der Waals surface area contributed by atoms with Gasteiger partial charge >= 0.3 is 0 Å². The van der Waals surface area contributed by atoms with Crippen LogP contribution in [0.15, 0.2) is 30.6 Å². The van der Waals surface area contributed by atoms with Gasteiger partial charge in [-0.2, -0.15) is 0 Å². The van der Waals surface area contributed by atoms with Crippen LogP contribution in [-0.2, 0) is 6.42 Å². The minimum absolute atomic E-state index is 0.617. The number of H-pyrrole nitrogens is 1. The first kappa shape index (κ1) is 11.7. The molecular weight excluding hydrogens is 214 g/mol. The molecule has 0 saturated carbocycles. The number of benzene rings is 1. The average Bonchev–Trinajstić information content (AvgIpc) is 2.79. The number of hydrogen-bond acceptors (Lipinski definition) is 3. The second-order valence-electron chi connectivity index (χ2n) is 3.73. The first-order chi connectivity index (χ1) is 8.35. The molecule has 1 aromatic carbocycles. The van der Waals surface area contributed by atoms with Crippen LogP contribution < -0.4 is 10.5 Å². The molecule has 0 unspecified atom stereocenters. The Morgan fingerprint density at radius 2 is 2.06 bits per heavy atom. The van der Waals surface area contributed by atoms with Crippen molar-refractivity contribution in [1.82, 2.24) is 9.97 Å². The SMILES string of the molecule is CCOc1ccc(-c2nc[nH]c2CCN)cc1. The molecule has 0 atom stereocenters. The normalized spacial score (nSPS) is 10.5. The van der Waals surface area contributed by atoms with E-state index in [9.17, 15) is 0 Å². The highest BCUT2D eigenvalue weighted by Crippen LogP contribution is 2.23. The zero-order valence-electron chi connectivity index (χ0n) is 9.94. The summed E-state index contributed by atoms with van der Waals surface area (Å²) in [6, 6.07) is 7.95. The average molecular weight is 231 g/mol. The van der Waals surface area contributed by atoms with E-state index in [1.54, 1.807) is 6.33 Å². The highest BCUT2D eigenvalue weighted by Gasteiger charge is 2.07. The summed E-state index contributed by atoms with van der Waals surface area (Å²) in [5, 5.41) is 0. The van der Waals surface area contributed by atoms with Gasteiger partial charge in [-0.3, -0.25) is 0 Å². The Labute approximate surface area is 101 Å². The molecule has 1 aromatic heterocycles. The fourth-order valence-electron chi connectivity index (χ4n) is 1.78. The topological polar surface area (TPSA) is 63.9 Å². The number of ether oxygens (including phenoxy) is 1. The Hall–Kier alpha value is -1.81. The summed E-state index contributed by atoms with van der Waals surface area (Å²) in [5.74, 6) is 0.882. The highest BCUT2D eigenvalue weighted by molar-refractivity contribution is 5.62. The number of nitrogens with one attached hydrogen (secondary N) is 1. The molecule has 0 aliphatic heterocycles. The zero-order chi connectivity index (χ0) is 12.1. The van der Waals surface area contributed by atoms with E-state index in [1.807, 2.05) is 31.2 Å². The maximum absolute atomic E-state index is 5.56. The number of nitrogens with two attached hydrogens (primary N) is 1. The summed E-state index contributed by atoms with van der Waals surface area (Å²) in [5.41, 5.74) is 8.70. The Kier molecular flexibility index (Phi) is 3.77. The van der Waals surface area contributed by atoms with E-state index in [1.165, 1.54) is 0 Å². The Morgan fingerprint density at radius 1 is 1.29 bits per heavy atom. The Balaban J connectivity index is 2.23. The van der Waals surface area contributed by atoms with Crippen LogP contribution in [0, 0.1) is 0 Å². The minimum atomic E-state index is 0.617. The second kappa shape index (κ2) is 5.50. The lowest BCUT2D eigenvalue weighted by Gasteiger charge is -2.05. The lowest BCUT2D eigenvalue weighted by atomic mass is 10.1. The molecule has 0 aliphatic carbocycles. The largest absolute Gasteiger partial charge is 0.494 e. The van der Waals surface area contributed by atoms with Crippen molar-refractivity contribution < 1.29 is 4.74 Å². The lowest BCUT2D eigenvalue weighted by molar-refractivity contribution is 0.340. The van der Waals surface area contributed by atoms with Crippen LogP contribution in [0.2, 0.25) is 0 Å². The smallest absolute Gasteiger partial charge is 0.119 e. The molecule has 0 amide bonds. The van der Waals surface area contributed by atoms with Crippen LogP contribution in [0.25, 0.3) is 11.3 Å². The van der Waals surface area contributed by atoms with Crippen molar-refractivity contribution in [2.75, 3.05) is 13.2 Å². The number of nitrogens with zero attached hydrogens (tertiary/aromatic N) is 1. The molecule has 3 N–H and O–H groups in total. The van der Waals surface area contributed by atoms with E-state index >= 15 is 0 Å². The molecule has 2 rings (SSSR count). The molecule has 4 heteroatoms. The van der Waals surface area contributed by atoms with Crippen molar-refractivity contribution in [3.63, 3.8) is 0 Å². The molecule has 0 saturated heterocycles. The number of rotatable bonds is 5. The number of aromatic amines is 1. The van der Waals surface area contributed by atoms with Crippen molar-refractivity contribution in [3.05, 3.63) is 36.3 Å². The third kappa shape index (κ3) is 2.65. The van der Waals surface area contributed by atoms with Crippen LogP contribution in [0.3, 0.4) is 0 Å². The second-order valence-corrected chi connectivity index (χ2v) is 3.73. The van der Waals surface area contributed by atoms with Gasteiger partial charge in [-0.1, -0.05) is 0 Å². The van der Waals surface area contributed by atoms with Gasteiger partial charge in [-0.15, -0.1) is 0 Å². The predicted molar refractivity (Wildman–Crippen MR) is 68.0 cm³/mol. The van der Waals surface area contributed by atoms with Gasteiger partial charge in [0.2, 0.25) is 0 Å². The third-order valence-electron chi connectivity index (χ3n) is 2.55. The monoisotopic (exact) mass is 231 g/mol. The molecule has 4 nitrogen and oxygen atoms in total. The molecule has 0 radical (unpaired) electrons. The van der Waals surface area contributed by atoms with Crippen molar-refractivity contribution in [1.29, 1.82) is 0 Å². The molecular formula is C13H17N3O. The van der Waals surface area contributed by atoms with Gasteiger partial charge in [0.1, 0.15) is 5.75 Å². The van der Waals surface area contributed by atoms with Gasteiger partial charge in [-0.25, -0.2) is 4.98 Å². The summed E-state index contributed by atoms with van der Waals surface area (Å²) >= 11 is 0. The van der Waals surface area contributed by atoms with E-state index in [4.69, 9.17) is 10.5 Å². The maximum atomic E-state index is 5.56. The predicted octanol–water partition coefficient (Wildman–Crippen LogP) is 1.98. The molecule has 17 heavy (non-hydrogen) atoms. The lowest BCUT2D eigenvalue weighted by Crippen LogP contribution is -2.04. The van der Waals surface area contributed by atoms with Gasteiger partial charge in [0.25, 0.3) is 0 Å². The Morgan fingerprint density at radius 3 is 2.71 bits per heavy atom. The molecule has 1 heterocycles. The summed E-state index contributed by atoms with van der Waals surface area (Å²) in [7, 11) is 0. The van der Waals surface area contributed by atoms with Gasteiger partial charge in [0.15, 0.2) is 0 Å². The molecule has 2 aromatic rings. The third-order valence-corrected chi connectivity index (χ3v) is 2.55. The molecule has 0 bridgehead atoms. The van der Waals surface area contributed by atoms with Crippen LogP contribution in [-0.4, -0.2) is 23.1 Å². The van der Waals surface area contributed by atoms with Crippen molar-refractivity contribution >= 4 is 0 Å². The zero-order valence-corrected chi connectivity index (χ0v) is 9.94. The first-order valence-electron chi connectivity index (χ1n) is 5.80. The van der Waals surface area contributed by atoms with Crippen LogP contribution >= 0.6 is 0 Å². The van der Waals surface area contributed by atoms with E-state index in [2.05, 4.69) is 9.97 Å². The van der Waals surface area contributed by atoms with Crippen molar-refractivity contribution in [2.45, 2.75) is 13.3 Å². The molecule has 0 fully saturated rings. The number of aromatic nitrogens is 2. The van der Waals surface area contributed by atoms with Gasteiger partial charge in [0.05, 0.1) is 18.6 Å². The summed E-state index contributed by atoms with van der Waals surface area (Å²) < 4.78 is 5.41. The van der Waals surface area contributed by atoms with Crippen LogP contribution in [0.1, 0.15) is 12.6 Å². The van der Waals surface area contributed by atoms with Crippen molar-refractivity contribution in [2.24, 2.45) is 5.73 Å². The fourth-order valence-corrected chi connectivity index (χ4v) is 1.78. The molecule has 90 valence electrons. The summed E-state index contributed by atoms with van der Waals surface area (Å²) in [6.45, 7) is 3.27. The fraction of sp³-hybridized carbons (Fsp3) is 0.308. The first-order valence-corrected chi connectivity index (χ1v) is 5.80. The van der Waals surface area contributed by atoms with E-state index in [0.29, 0.717) is 13.2 Å². The van der Waals surface area contributed by atoms with Gasteiger partial charge in [0, 0.05) is 17.7 Å². The maximum Gasteiger partial charge on any atom is 0.119 e. The number of hydrogen-bond donors (Lipinski definition) is 2. The minimum Gasteiger partial charge on any atom is -0.494 e. The standard InChI is InChI=1S/C13H17N3O/c1-2-17-11-5-3-10(4-6-11)13-12(7-8-14)15-9-16-13/h3-6,9H,2,7-8,14H2,1H3,(H,15,16). The van der Waals surface area contributed by atoms with E-state index in [0.717, 1.165) is 29.1 Å². The molecule has 0 spiro atoms. The number of imidazole rings is 1. The van der Waals surface area contributed by atoms with Crippen LogP contribution in [0.4, 0.5) is 0 Å². The van der Waals surface area contributed by atoms with Gasteiger partial charge < -0.3 is 15.5 Å². The quantitative estimate of drug-likeness (QED) is 0.827. The Bertz CT molecular complexity index is 462. The highest BCUT2D eigenvalue weighted by atomic mass is 16.5. The molecule has 0 aliphatic rings. The summed E-state index contributed by atoms with van der Waals surface area (Å²) in [6.07, 6.45) is 2.51. The summed E-state index contributed by atoms with van der Waals surface area (Å²) in [4.78, 5) is 7.45. The van der Waals surface area contributed by atoms with Gasteiger partial charge in [-0.05, 0) is 37.7 Å². The van der Waals surface area contributed by atoms with E-state index < -0.39 is 0 Å². The van der Waals surface area contributed by atoms with Crippen molar-refractivity contribution in [3.8, 4) is 17.0 Å². The van der Waals surface area contributed by atoms with Crippen LogP contribution in [0.5, 0.6) is 5.75 Å². The van der Waals surface area contributed by atoms with E-state index in [-0.39, 0.29) is 0 Å².